The molecule has 0 radical (unpaired) electrons. The first-order chi connectivity index (χ1) is 13.0. The Hall–Kier alpha value is -2.14. The van der Waals surface area contributed by atoms with Gasteiger partial charge in [-0.3, -0.25) is 9.59 Å². The summed E-state index contributed by atoms with van der Waals surface area (Å²) in [7, 11) is 0. The first kappa shape index (κ1) is 19.6. The summed E-state index contributed by atoms with van der Waals surface area (Å²) < 4.78 is 0. The highest BCUT2D eigenvalue weighted by Crippen LogP contribution is 2.29. The zero-order valence-corrected chi connectivity index (χ0v) is 16.9. The number of thiophene rings is 1. The molecule has 4 nitrogen and oxygen atoms in total. The fourth-order valence-corrected chi connectivity index (χ4v) is 3.73. The Kier molecular flexibility index (Phi) is 6.67. The van der Waals surface area contributed by atoms with Crippen molar-refractivity contribution in [1.29, 1.82) is 0 Å². The van der Waals surface area contributed by atoms with Gasteiger partial charge >= 0.3 is 0 Å². The number of benzene rings is 1. The van der Waals surface area contributed by atoms with Crippen molar-refractivity contribution in [2.24, 2.45) is 0 Å². The molecule has 27 heavy (non-hydrogen) atoms. The van der Waals surface area contributed by atoms with Crippen LogP contribution in [0.3, 0.4) is 0 Å². The summed E-state index contributed by atoms with van der Waals surface area (Å²) in [4.78, 5) is 26.6. The van der Waals surface area contributed by atoms with E-state index in [0.717, 1.165) is 12.8 Å². The van der Waals surface area contributed by atoms with Gasteiger partial charge < -0.3 is 10.2 Å². The van der Waals surface area contributed by atoms with Gasteiger partial charge in [0, 0.05) is 36.5 Å². The monoisotopic (exact) mass is 384 g/mol. The van der Waals surface area contributed by atoms with Crippen molar-refractivity contribution in [2.45, 2.75) is 58.0 Å². The van der Waals surface area contributed by atoms with Crippen LogP contribution in [0.4, 0.5) is 0 Å². The normalized spacial score (nSPS) is 13.6. The number of carbonyl (C=O) groups is 2. The largest absolute Gasteiger partial charge is 0.352 e. The number of amides is 2. The fraction of sp³-hybridized carbons (Fsp3) is 0.455. The number of nitrogens with zero attached hydrogens (tertiary/aromatic N) is 1. The van der Waals surface area contributed by atoms with Crippen LogP contribution in [0.25, 0.3) is 0 Å². The van der Waals surface area contributed by atoms with E-state index in [4.69, 9.17) is 0 Å². The highest BCUT2D eigenvalue weighted by atomic mass is 32.1. The van der Waals surface area contributed by atoms with Crippen LogP contribution in [-0.2, 0) is 11.3 Å². The van der Waals surface area contributed by atoms with Crippen molar-refractivity contribution in [1.82, 2.24) is 10.2 Å². The van der Waals surface area contributed by atoms with Crippen molar-refractivity contribution in [3.05, 3.63) is 57.8 Å². The first-order valence-corrected chi connectivity index (χ1v) is 10.7. The Morgan fingerprint density at radius 2 is 1.93 bits per heavy atom. The van der Waals surface area contributed by atoms with Crippen LogP contribution in [0.5, 0.6) is 0 Å². The Balaban J connectivity index is 1.46. The lowest BCUT2D eigenvalue weighted by Crippen LogP contribution is -2.33. The van der Waals surface area contributed by atoms with E-state index >= 15 is 0 Å². The molecule has 3 rings (SSSR count). The number of hydrogen-bond donors (Lipinski definition) is 1. The molecule has 1 aromatic heterocycles. The third kappa shape index (κ3) is 5.67. The van der Waals surface area contributed by atoms with E-state index in [1.807, 2.05) is 21.7 Å². The summed E-state index contributed by atoms with van der Waals surface area (Å²) in [5, 5.41) is 6.61. The van der Waals surface area contributed by atoms with Gasteiger partial charge in [0.25, 0.3) is 5.91 Å². The fourth-order valence-electron chi connectivity index (χ4n) is 3.09. The molecule has 1 fully saturated rings. The molecule has 5 heteroatoms. The second kappa shape index (κ2) is 9.18. The predicted molar refractivity (Wildman–Crippen MR) is 110 cm³/mol. The van der Waals surface area contributed by atoms with E-state index in [1.165, 1.54) is 22.5 Å². The molecule has 2 amide bonds. The molecule has 0 spiro atoms. The first-order valence-electron chi connectivity index (χ1n) is 9.73. The van der Waals surface area contributed by atoms with Gasteiger partial charge in [-0.25, -0.2) is 0 Å². The number of carbonyl (C=O) groups excluding carboxylic acids is 2. The average Bonchev–Trinajstić information content (AvgIpc) is 3.35. The van der Waals surface area contributed by atoms with Gasteiger partial charge in [0.2, 0.25) is 5.91 Å². The van der Waals surface area contributed by atoms with E-state index in [0.29, 0.717) is 43.5 Å². The molecule has 1 saturated carbocycles. The maximum atomic E-state index is 12.7. The second-order valence-electron chi connectivity index (χ2n) is 7.52. The van der Waals surface area contributed by atoms with Crippen LogP contribution in [0.1, 0.15) is 66.9 Å². The third-order valence-corrected chi connectivity index (χ3v) is 5.63. The topological polar surface area (TPSA) is 49.4 Å². The van der Waals surface area contributed by atoms with E-state index in [9.17, 15) is 9.59 Å². The molecule has 144 valence electrons. The van der Waals surface area contributed by atoms with Gasteiger partial charge in [-0.1, -0.05) is 38.1 Å². The van der Waals surface area contributed by atoms with Crippen LogP contribution in [0.15, 0.2) is 41.1 Å². The number of rotatable bonds is 9. The molecule has 0 unspecified atom stereocenters. The molecule has 1 heterocycles. The highest BCUT2D eigenvalue weighted by Gasteiger charge is 2.32. The summed E-state index contributed by atoms with van der Waals surface area (Å²) in [6.45, 7) is 5.59. The van der Waals surface area contributed by atoms with Crippen LogP contribution in [0, 0.1) is 0 Å². The minimum atomic E-state index is -0.0620. The molecule has 2 aromatic rings. The van der Waals surface area contributed by atoms with E-state index in [2.05, 4.69) is 43.4 Å². The van der Waals surface area contributed by atoms with Crippen molar-refractivity contribution in [2.75, 3.05) is 6.54 Å². The smallest absolute Gasteiger partial charge is 0.252 e. The lowest BCUT2D eigenvalue weighted by atomic mass is 10.0. The zero-order valence-electron chi connectivity index (χ0n) is 16.1. The molecule has 0 saturated heterocycles. The van der Waals surface area contributed by atoms with Crippen LogP contribution in [-0.4, -0.2) is 29.3 Å². The molecule has 0 atom stereocenters. The molecule has 0 aliphatic heterocycles. The van der Waals surface area contributed by atoms with Crippen molar-refractivity contribution >= 4 is 23.2 Å². The highest BCUT2D eigenvalue weighted by molar-refractivity contribution is 7.08. The van der Waals surface area contributed by atoms with Crippen molar-refractivity contribution in [3.8, 4) is 0 Å². The Morgan fingerprint density at radius 3 is 2.52 bits per heavy atom. The quantitative estimate of drug-likeness (QED) is 0.644. The minimum absolute atomic E-state index is 0.0620. The molecule has 0 bridgehead atoms. The summed E-state index contributed by atoms with van der Waals surface area (Å²) in [5.41, 5.74) is 3.20. The summed E-state index contributed by atoms with van der Waals surface area (Å²) >= 11 is 1.51. The van der Waals surface area contributed by atoms with E-state index < -0.39 is 0 Å². The Bertz CT molecular complexity index is 749. The molecule has 1 N–H and O–H groups in total. The predicted octanol–water partition coefficient (Wildman–Crippen LogP) is 4.57. The van der Waals surface area contributed by atoms with Gasteiger partial charge in [0.05, 0.1) is 0 Å². The van der Waals surface area contributed by atoms with Crippen LogP contribution >= 0.6 is 11.3 Å². The molecule has 1 aromatic carbocycles. The van der Waals surface area contributed by atoms with Crippen LogP contribution in [0.2, 0.25) is 0 Å². The average molecular weight is 385 g/mol. The van der Waals surface area contributed by atoms with Gasteiger partial charge in [-0.05, 0) is 47.8 Å². The molecule has 1 aliphatic rings. The minimum Gasteiger partial charge on any atom is -0.352 e. The molecular formula is C22H28N2O2S. The summed E-state index contributed by atoms with van der Waals surface area (Å²) in [6.07, 6.45) is 3.35. The lowest BCUT2D eigenvalue weighted by Gasteiger charge is -2.23. The standard InChI is InChI=1S/C22H28N2O2S/c1-16(2)18-7-5-17(6-8-18)14-24(20-9-10-20)21(25)4-3-12-23-22(26)19-11-13-27-15-19/h5-8,11,13,15-16,20H,3-4,9-10,12,14H2,1-2H3,(H,23,26). The molecular weight excluding hydrogens is 356 g/mol. The van der Waals surface area contributed by atoms with Gasteiger partial charge in [0.1, 0.15) is 0 Å². The summed E-state index contributed by atoms with van der Waals surface area (Å²) in [6, 6.07) is 10.8. The number of hydrogen-bond acceptors (Lipinski definition) is 3. The van der Waals surface area contributed by atoms with E-state index in [-0.39, 0.29) is 11.8 Å². The summed E-state index contributed by atoms with van der Waals surface area (Å²) in [5.74, 6) is 0.646. The van der Waals surface area contributed by atoms with Crippen molar-refractivity contribution in [3.63, 3.8) is 0 Å². The zero-order chi connectivity index (χ0) is 19.2. The maximum Gasteiger partial charge on any atom is 0.252 e. The molecule has 1 aliphatic carbocycles. The second-order valence-corrected chi connectivity index (χ2v) is 8.30. The Labute approximate surface area is 165 Å². The van der Waals surface area contributed by atoms with Gasteiger partial charge in [-0.15, -0.1) is 0 Å². The SMILES string of the molecule is CC(C)c1ccc(CN(C(=O)CCCNC(=O)c2ccsc2)C2CC2)cc1. The third-order valence-electron chi connectivity index (χ3n) is 4.94. The van der Waals surface area contributed by atoms with Crippen LogP contribution < -0.4 is 5.32 Å². The lowest BCUT2D eigenvalue weighted by molar-refractivity contribution is -0.132. The van der Waals surface area contributed by atoms with E-state index in [1.54, 1.807) is 0 Å². The van der Waals surface area contributed by atoms with Gasteiger partial charge in [-0.2, -0.15) is 11.3 Å². The van der Waals surface area contributed by atoms with Gasteiger partial charge in [0.15, 0.2) is 0 Å². The maximum absolute atomic E-state index is 12.7. The van der Waals surface area contributed by atoms with Crippen molar-refractivity contribution < 1.29 is 9.59 Å². The number of nitrogens with one attached hydrogen (secondary N) is 1. The Morgan fingerprint density at radius 1 is 1.19 bits per heavy atom.